The van der Waals surface area contributed by atoms with E-state index in [4.69, 9.17) is 0 Å². The van der Waals surface area contributed by atoms with Gasteiger partial charge >= 0.3 is 0 Å². The number of benzene rings is 1. The van der Waals surface area contributed by atoms with E-state index in [1.54, 1.807) is 24.2 Å². The maximum Gasteiger partial charge on any atom is 0.257 e. The highest BCUT2D eigenvalue weighted by Crippen LogP contribution is 2.30. The summed E-state index contributed by atoms with van der Waals surface area (Å²) in [6.07, 6.45) is 4.53. The molecule has 1 N–H and O–H groups in total. The van der Waals surface area contributed by atoms with Gasteiger partial charge in [-0.3, -0.25) is 9.59 Å². The molecule has 0 aliphatic carbocycles. The number of hydrogen-bond acceptors (Lipinski definition) is 7. The summed E-state index contributed by atoms with van der Waals surface area (Å²) < 4.78 is 4.67. The molecule has 3 heterocycles. The van der Waals surface area contributed by atoms with E-state index in [2.05, 4.69) is 30.2 Å². The summed E-state index contributed by atoms with van der Waals surface area (Å²) in [6.45, 7) is 4.81. The molecule has 31 heavy (non-hydrogen) atoms. The van der Waals surface area contributed by atoms with Gasteiger partial charge < -0.3 is 10.2 Å². The Morgan fingerprint density at radius 3 is 2.58 bits per heavy atom. The fourth-order valence-electron chi connectivity index (χ4n) is 3.74. The molecule has 9 heteroatoms. The molecule has 1 unspecified atom stereocenters. The van der Waals surface area contributed by atoms with Gasteiger partial charge in [0.2, 0.25) is 5.91 Å². The molecule has 0 saturated carbocycles. The van der Waals surface area contributed by atoms with Crippen molar-refractivity contribution in [3.8, 4) is 11.4 Å². The van der Waals surface area contributed by atoms with Gasteiger partial charge in [0.15, 0.2) is 5.82 Å². The third-order valence-corrected chi connectivity index (χ3v) is 5.63. The van der Waals surface area contributed by atoms with Crippen molar-refractivity contribution >= 4 is 11.8 Å². The lowest BCUT2D eigenvalue weighted by Crippen LogP contribution is -2.51. The smallest absolute Gasteiger partial charge is 0.257 e. The number of rotatable bonds is 5. The van der Waals surface area contributed by atoms with E-state index < -0.39 is 5.41 Å². The van der Waals surface area contributed by atoms with Crippen LogP contribution in [0.25, 0.3) is 11.4 Å². The third kappa shape index (κ3) is 4.45. The molecule has 1 aromatic carbocycles. The van der Waals surface area contributed by atoms with Gasteiger partial charge in [-0.1, -0.05) is 40.6 Å². The lowest BCUT2D eigenvalue weighted by Gasteiger charge is -2.39. The fourth-order valence-corrected chi connectivity index (χ4v) is 3.74. The molecule has 1 aliphatic rings. The van der Waals surface area contributed by atoms with Crippen molar-refractivity contribution in [1.82, 2.24) is 30.5 Å². The minimum atomic E-state index is -0.691. The van der Waals surface area contributed by atoms with Crippen LogP contribution in [0.2, 0.25) is 0 Å². The Balaban J connectivity index is 1.42. The second-order valence-corrected chi connectivity index (χ2v) is 8.03. The average Bonchev–Trinajstić information content (AvgIpc) is 3.22. The van der Waals surface area contributed by atoms with Crippen molar-refractivity contribution in [2.75, 3.05) is 13.1 Å². The lowest BCUT2D eigenvalue weighted by molar-refractivity contribution is -0.132. The zero-order valence-corrected chi connectivity index (χ0v) is 17.5. The Bertz CT molecular complexity index is 1070. The number of hydrogen-bond donors (Lipinski definition) is 1. The van der Waals surface area contributed by atoms with Gasteiger partial charge in [0.1, 0.15) is 11.4 Å². The first-order valence-corrected chi connectivity index (χ1v) is 10.2. The Labute approximate surface area is 179 Å². The van der Waals surface area contributed by atoms with Crippen LogP contribution in [0.4, 0.5) is 0 Å². The maximum atomic E-state index is 13.0. The van der Waals surface area contributed by atoms with E-state index in [1.165, 1.54) is 0 Å². The zero-order chi connectivity index (χ0) is 21.8. The van der Waals surface area contributed by atoms with Gasteiger partial charge in [-0.15, -0.1) is 0 Å². The van der Waals surface area contributed by atoms with E-state index >= 15 is 0 Å². The second-order valence-electron chi connectivity index (χ2n) is 8.03. The number of aryl methyl sites for hydroxylation is 1. The van der Waals surface area contributed by atoms with Gasteiger partial charge in [-0.25, -0.2) is 14.6 Å². The molecule has 2 aromatic heterocycles. The molecule has 1 atom stereocenters. The molecule has 2 amide bonds. The minimum Gasteiger partial charge on any atom is -0.350 e. The van der Waals surface area contributed by atoms with E-state index in [1.807, 2.05) is 37.3 Å². The summed E-state index contributed by atoms with van der Waals surface area (Å²) in [4.78, 5) is 36.3. The second kappa shape index (κ2) is 8.63. The largest absolute Gasteiger partial charge is 0.350 e. The van der Waals surface area contributed by atoms with E-state index in [-0.39, 0.29) is 18.4 Å². The Hall–Kier alpha value is -3.62. The van der Waals surface area contributed by atoms with E-state index in [0.29, 0.717) is 42.3 Å². The Kier molecular flexibility index (Phi) is 5.75. The minimum absolute atomic E-state index is 0.122. The molecule has 3 aromatic rings. The van der Waals surface area contributed by atoms with Gasteiger partial charge in [0.25, 0.3) is 5.91 Å². The quantitative estimate of drug-likeness (QED) is 0.674. The molecule has 1 fully saturated rings. The number of carbonyl (C=O) groups excluding carboxylic acids is 2. The van der Waals surface area contributed by atoms with Crippen LogP contribution in [0.1, 0.15) is 41.5 Å². The SMILES string of the molecule is Cc1nonc1CNC(=O)C1(C)CCCN(C(=O)c2cnc(-c3ccccc3)nc2)C1. The Morgan fingerprint density at radius 2 is 1.90 bits per heavy atom. The highest BCUT2D eigenvalue weighted by atomic mass is 16.6. The molecule has 0 bridgehead atoms. The first kappa shape index (κ1) is 20.6. The number of piperidine rings is 1. The molecule has 0 radical (unpaired) electrons. The van der Waals surface area contributed by atoms with Crippen LogP contribution in [-0.4, -0.2) is 50.1 Å². The molecule has 160 valence electrons. The van der Waals surface area contributed by atoms with Gasteiger partial charge in [-0.05, 0) is 26.7 Å². The third-order valence-electron chi connectivity index (χ3n) is 5.63. The van der Waals surface area contributed by atoms with Crippen molar-refractivity contribution in [2.24, 2.45) is 5.41 Å². The Morgan fingerprint density at radius 1 is 1.16 bits per heavy atom. The number of nitrogens with one attached hydrogen (secondary N) is 1. The first-order valence-electron chi connectivity index (χ1n) is 10.2. The molecule has 4 rings (SSSR count). The lowest BCUT2D eigenvalue weighted by atomic mass is 9.80. The molecule has 0 spiro atoms. The van der Waals surface area contributed by atoms with Crippen molar-refractivity contribution in [3.05, 3.63) is 59.7 Å². The van der Waals surface area contributed by atoms with Gasteiger partial charge in [-0.2, -0.15) is 0 Å². The highest BCUT2D eigenvalue weighted by molar-refractivity contribution is 5.94. The molecular formula is C22H24N6O3. The van der Waals surface area contributed by atoms with Gasteiger partial charge in [0.05, 0.1) is 17.5 Å². The number of nitrogens with zero attached hydrogens (tertiary/aromatic N) is 5. The van der Waals surface area contributed by atoms with Crippen LogP contribution in [0.5, 0.6) is 0 Å². The monoisotopic (exact) mass is 420 g/mol. The molecule has 1 aliphatic heterocycles. The predicted octanol–water partition coefficient (Wildman–Crippen LogP) is 2.39. The van der Waals surface area contributed by atoms with Crippen molar-refractivity contribution in [3.63, 3.8) is 0 Å². The summed E-state index contributed by atoms with van der Waals surface area (Å²) in [6, 6.07) is 9.59. The van der Waals surface area contributed by atoms with Crippen LogP contribution in [0, 0.1) is 12.3 Å². The summed E-state index contributed by atoms with van der Waals surface area (Å²) in [5, 5.41) is 10.4. The fraction of sp³-hybridized carbons (Fsp3) is 0.364. The zero-order valence-electron chi connectivity index (χ0n) is 17.5. The van der Waals surface area contributed by atoms with Crippen LogP contribution >= 0.6 is 0 Å². The van der Waals surface area contributed by atoms with Crippen LogP contribution in [-0.2, 0) is 11.3 Å². The predicted molar refractivity (Wildman–Crippen MR) is 112 cm³/mol. The number of amides is 2. The summed E-state index contributed by atoms with van der Waals surface area (Å²) in [5.41, 5.74) is 1.85. The normalized spacial score (nSPS) is 18.6. The topological polar surface area (TPSA) is 114 Å². The summed E-state index contributed by atoms with van der Waals surface area (Å²) in [7, 11) is 0. The summed E-state index contributed by atoms with van der Waals surface area (Å²) >= 11 is 0. The van der Waals surface area contributed by atoms with Crippen molar-refractivity contribution in [1.29, 1.82) is 0 Å². The number of carbonyl (C=O) groups is 2. The highest BCUT2D eigenvalue weighted by Gasteiger charge is 2.39. The van der Waals surface area contributed by atoms with Crippen molar-refractivity contribution < 1.29 is 14.2 Å². The standard InChI is InChI=1S/C22H24N6O3/c1-15-18(27-31-26-15)13-25-21(30)22(2)9-6-10-28(14-22)20(29)17-11-23-19(24-12-17)16-7-4-3-5-8-16/h3-5,7-8,11-12H,6,9-10,13-14H2,1-2H3,(H,25,30). The number of aromatic nitrogens is 4. The molecule has 1 saturated heterocycles. The van der Waals surface area contributed by atoms with E-state index in [9.17, 15) is 9.59 Å². The number of likely N-dealkylation sites (tertiary alicyclic amines) is 1. The van der Waals surface area contributed by atoms with Crippen LogP contribution < -0.4 is 5.32 Å². The maximum absolute atomic E-state index is 13.0. The van der Waals surface area contributed by atoms with Crippen LogP contribution in [0.3, 0.4) is 0 Å². The first-order chi connectivity index (χ1) is 15.0. The summed E-state index contributed by atoms with van der Waals surface area (Å²) in [5.74, 6) is 0.274. The molecule has 9 nitrogen and oxygen atoms in total. The average molecular weight is 420 g/mol. The van der Waals surface area contributed by atoms with E-state index in [0.717, 1.165) is 12.0 Å². The van der Waals surface area contributed by atoms with Gasteiger partial charge in [0, 0.05) is 31.0 Å². The van der Waals surface area contributed by atoms with Crippen LogP contribution in [0.15, 0.2) is 47.4 Å². The molecular weight excluding hydrogens is 396 g/mol. The van der Waals surface area contributed by atoms with Crippen molar-refractivity contribution in [2.45, 2.75) is 33.2 Å².